The van der Waals surface area contributed by atoms with Crippen molar-refractivity contribution in [2.75, 3.05) is 20.2 Å². The van der Waals surface area contributed by atoms with Gasteiger partial charge in [-0.25, -0.2) is 4.79 Å². The second kappa shape index (κ2) is 9.28. The van der Waals surface area contributed by atoms with E-state index in [0.717, 1.165) is 42.4 Å². The van der Waals surface area contributed by atoms with Gasteiger partial charge in [-0.15, -0.1) is 0 Å². The lowest BCUT2D eigenvalue weighted by Gasteiger charge is -2.31. The lowest BCUT2D eigenvalue weighted by atomic mass is 9.83. The van der Waals surface area contributed by atoms with Crippen molar-refractivity contribution >= 4 is 46.9 Å². The summed E-state index contributed by atoms with van der Waals surface area (Å²) in [6.07, 6.45) is 2.87. The van der Waals surface area contributed by atoms with Crippen LogP contribution < -0.4 is 15.3 Å². The van der Waals surface area contributed by atoms with Gasteiger partial charge >= 0.3 is 10.9 Å². The van der Waals surface area contributed by atoms with E-state index >= 15 is 0 Å². The fraction of sp³-hybridized carbons (Fsp3) is 0.435. The van der Waals surface area contributed by atoms with Crippen LogP contribution in [0, 0.1) is 5.92 Å². The first-order valence-electron chi connectivity index (χ1n) is 11.4. The second-order valence-electron chi connectivity index (χ2n) is 8.89. The molecule has 13 heteroatoms. The third-order valence-corrected chi connectivity index (χ3v) is 9.44. The number of hydrogen-bond donors (Lipinski definition) is 2. The number of benzene rings is 1. The largest absolute Gasteiger partial charge is 0.504 e. The van der Waals surface area contributed by atoms with Gasteiger partial charge in [0.1, 0.15) is 11.8 Å². The summed E-state index contributed by atoms with van der Waals surface area (Å²) in [6, 6.07) is 3.35. The van der Waals surface area contributed by atoms with E-state index in [1.165, 1.54) is 23.8 Å². The number of thioether (sulfide) groups is 1. The number of ether oxygens (including phenoxy) is 1. The van der Waals surface area contributed by atoms with E-state index in [1.807, 2.05) is 0 Å². The fourth-order valence-electron chi connectivity index (χ4n) is 5.10. The molecule has 5 amide bonds. The Morgan fingerprint density at radius 1 is 1.14 bits per heavy atom. The third-order valence-electron chi connectivity index (χ3n) is 6.83. The Morgan fingerprint density at radius 3 is 2.53 bits per heavy atom. The Labute approximate surface area is 213 Å². The number of aromatic nitrogens is 1. The Morgan fingerprint density at radius 2 is 1.86 bits per heavy atom. The highest BCUT2D eigenvalue weighted by molar-refractivity contribution is 8.00. The minimum atomic E-state index is -1.16. The number of carbonyl (C=O) groups excluding carboxylic acids is 4. The van der Waals surface area contributed by atoms with Crippen molar-refractivity contribution in [2.24, 2.45) is 11.7 Å². The minimum Gasteiger partial charge on any atom is -0.504 e. The molecule has 3 N–H and O–H groups in total. The number of phenols is 1. The normalized spacial score (nSPS) is 23.4. The van der Waals surface area contributed by atoms with E-state index in [9.17, 15) is 29.1 Å². The number of carbonyl (C=O) groups is 4. The molecule has 2 unspecified atom stereocenters. The zero-order chi connectivity index (χ0) is 25.7. The number of nitrogens with zero attached hydrogens (tertiary/aromatic N) is 3. The summed E-state index contributed by atoms with van der Waals surface area (Å²) in [5.41, 5.74) is 5.86. The molecular formula is C23H24N4O7S2. The number of likely N-dealkylation sites (tertiary alicyclic amines) is 2. The maximum absolute atomic E-state index is 13.3. The number of hydrogen-bond acceptors (Lipinski definition) is 9. The number of rotatable bonds is 4. The molecule has 1 aromatic carbocycles. The van der Waals surface area contributed by atoms with Gasteiger partial charge in [-0.3, -0.25) is 23.7 Å². The van der Waals surface area contributed by atoms with Crippen LogP contribution in [0.4, 0.5) is 4.79 Å². The minimum absolute atomic E-state index is 0.117. The van der Waals surface area contributed by atoms with Crippen LogP contribution in [0.15, 0.2) is 28.0 Å². The Bertz CT molecular complexity index is 1330. The molecule has 2 saturated heterocycles. The maximum Gasteiger partial charge on any atom is 0.328 e. The highest BCUT2D eigenvalue weighted by Gasteiger charge is 2.58. The van der Waals surface area contributed by atoms with Crippen molar-refractivity contribution in [3.8, 4) is 11.5 Å². The number of fused-ring (bicyclic) bond motifs is 2. The highest BCUT2D eigenvalue weighted by atomic mass is 32.2. The van der Waals surface area contributed by atoms with Gasteiger partial charge in [-0.05, 0) is 37.0 Å². The van der Waals surface area contributed by atoms with Crippen molar-refractivity contribution < 1.29 is 29.0 Å². The van der Waals surface area contributed by atoms with E-state index in [0.29, 0.717) is 33.5 Å². The first kappa shape index (κ1) is 24.4. The molecule has 2 aromatic rings. The fourth-order valence-corrected chi connectivity index (χ4v) is 7.87. The van der Waals surface area contributed by atoms with Gasteiger partial charge in [-0.2, -0.15) is 4.90 Å². The van der Waals surface area contributed by atoms with E-state index in [1.54, 1.807) is 11.0 Å². The van der Waals surface area contributed by atoms with Gasteiger partial charge in [-0.1, -0.05) is 29.2 Å². The summed E-state index contributed by atoms with van der Waals surface area (Å²) < 4.78 is 6.58. The van der Waals surface area contributed by atoms with Crippen LogP contribution in [-0.2, 0) is 20.9 Å². The number of primary amides is 1. The average molecular weight is 533 g/mol. The Hall–Kier alpha value is -3.32. The number of methoxy groups -OCH3 is 1. The number of phenolic OH excluding ortho intramolecular Hbond substituents is 1. The number of piperidine rings is 1. The zero-order valence-corrected chi connectivity index (χ0v) is 21.0. The molecule has 2 fully saturated rings. The van der Waals surface area contributed by atoms with Gasteiger partial charge in [0.05, 0.1) is 18.1 Å². The van der Waals surface area contributed by atoms with Crippen LogP contribution in [0.2, 0.25) is 0 Å². The molecule has 0 radical (unpaired) electrons. The number of thiazole rings is 1. The van der Waals surface area contributed by atoms with Gasteiger partial charge < -0.3 is 20.5 Å². The van der Waals surface area contributed by atoms with Crippen molar-refractivity contribution in [2.45, 2.75) is 42.0 Å². The molecule has 0 aliphatic carbocycles. The monoisotopic (exact) mass is 532 g/mol. The molecule has 3 atom stereocenters. The number of nitrogens with two attached hydrogens (primary N) is 1. The molecule has 0 spiro atoms. The van der Waals surface area contributed by atoms with Crippen LogP contribution in [-0.4, -0.2) is 68.7 Å². The summed E-state index contributed by atoms with van der Waals surface area (Å²) >= 11 is 1.91. The van der Waals surface area contributed by atoms with Crippen LogP contribution in [0.1, 0.15) is 35.6 Å². The van der Waals surface area contributed by atoms with Crippen molar-refractivity contribution in [3.05, 3.63) is 38.3 Å². The Kier molecular flexibility index (Phi) is 6.29. The molecule has 1 aromatic heterocycles. The molecule has 11 nitrogen and oxygen atoms in total. The predicted molar refractivity (Wildman–Crippen MR) is 130 cm³/mol. The molecule has 0 bridgehead atoms. The standard InChI is InChI=1S/C23H24N4O7S2/c1-34-13-9-11(5-6-12(13)28)15-16-17(20(31)27(19(16)30)22(24)32)35-21-18(15)36-23(33)26(21)10-14(29)25-7-3-2-4-8-25/h5-6,9,15-17,28H,2-4,7-8,10H2,1H3,(H2,24,32)/t15-,16?,17?/m0/s1. The molecule has 3 aliphatic heterocycles. The van der Waals surface area contributed by atoms with Crippen LogP contribution >= 0.6 is 23.1 Å². The van der Waals surface area contributed by atoms with Gasteiger partial charge in [0.2, 0.25) is 11.8 Å². The summed E-state index contributed by atoms with van der Waals surface area (Å²) in [5, 5.41) is 9.49. The van der Waals surface area contributed by atoms with Crippen LogP contribution in [0.5, 0.6) is 11.5 Å². The van der Waals surface area contributed by atoms with Gasteiger partial charge in [0, 0.05) is 23.9 Å². The second-order valence-corrected chi connectivity index (χ2v) is 11.0. The molecule has 5 rings (SSSR count). The van der Waals surface area contributed by atoms with Crippen molar-refractivity contribution in [1.82, 2.24) is 14.4 Å². The van der Waals surface area contributed by atoms with Crippen LogP contribution in [0.25, 0.3) is 0 Å². The number of imide groups is 3. The smallest absolute Gasteiger partial charge is 0.328 e. The van der Waals surface area contributed by atoms with Crippen molar-refractivity contribution in [3.63, 3.8) is 0 Å². The lowest BCUT2D eigenvalue weighted by Crippen LogP contribution is -2.41. The Balaban J connectivity index is 1.62. The van der Waals surface area contributed by atoms with E-state index in [-0.39, 0.29) is 28.8 Å². The van der Waals surface area contributed by atoms with Gasteiger partial charge in [0.25, 0.3) is 5.91 Å². The number of amides is 5. The average Bonchev–Trinajstić information content (AvgIpc) is 3.31. The molecular weight excluding hydrogens is 508 g/mol. The number of aromatic hydroxyl groups is 1. The summed E-state index contributed by atoms with van der Waals surface area (Å²) in [6.45, 7) is 1.09. The molecule has 0 saturated carbocycles. The first-order chi connectivity index (χ1) is 17.2. The number of urea groups is 1. The predicted octanol–water partition coefficient (Wildman–Crippen LogP) is 1.31. The maximum atomic E-state index is 13.3. The van der Waals surface area contributed by atoms with Gasteiger partial charge in [0.15, 0.2) is 11.5 Å². The van der Waals surface area contributed by atoms with E-state index < -0.39 is 34.9 Å². The third kappa shape index (κ3) is 3.86. The molecule has 3 aliphatic rings. The SMILES string of the molecule is COc1cc([C@@H]2c3sc(=O)n(CC(=O)N4CCCCC4)c3SC3C(=O)N(C(N)=O)C(=O)C32)ccc1O. The topological polar surface area (TPSA) is 152 Å². The summed E-state index contributed by atoms with van der Waals surface area (Å²) in [4.78, 5) is 66.7. The lowest BCUT2D eigenvalue weighted by molar-refractivity contribution is -0.136. The van der Waals surface area contributed by atoms with Crippen LogP contribution in [0.3, 0.4) is 0 Å². The quantitative estimate of drug-likeness (QED) is 0.559. The molecule has 190 valence electrons. The zero-order valence-electron chi connectivity index (χ0n) is 19.3. The van der Waals surface area contributed by atoms with Crippen molar-refractivity contribution in [1.29, 1.82) is 0 Å². The molecule has 4 heterocycles. The highest BCUT2D eigenvalue weighted by Crippen LogP contribution is 2.53. The van der Waals surface area contributed by atoms with E-state index in [2.05, 4.69) is 0 Å². The van der Waals surface area contributed by atoms with E-state index in [4.69, 9.17) is 10.5 Å². The summed E-state index contributed by atoms with van der Waals surface area (Å²) in [5.74, 6) is -3.43. The molecule has 36 heavy (non-hydrogen) atoms. The first-order valence-corrected chi connectivity index (χ1v) is 13.1. The summed E-state index contributed by atoms with van der Waals surface area (Å²) in [7, 11) is 1.38.